The maximum atomic E-state index is 12.7. The van der Waals surface area contributed by atoms with Crippen molar-refractivity contribution >= 4 is 42.4 Å². The Morgan fingerprint density at radius 2 is 1.83 bits per heavy atom. The van der Waals surface area contributed by atoms with E-state index in [1.165, 1.54) is 29.5 Å². The molecule has 1 aromatic heterocycles. The van der Waals surface area contributed by atoms with E-state index >= 15 is 0 Å². The van der Waals surface area contributed by atoms with Gasteiger partial charge in [-0.05, 0) is 47.5 Å². The lowest BCUT2D eigenvalue weighted by molar-refractivity contribution is 0.102. The third kappa shape index (κ3) is 4.34. The van der Waals surface area contributed by atoms with Crippen LogP contribution in [0.1, 0.15) is 21.5 Å². The number of carbonyl (C=O) groups excluding carboxylic acids is 1. The highest BCUT2D eigenvalue weighted by Crippen LogP contribution is 2.29. The second kappa shape index (κ2) is 7.89. The number of amides is 1. The van der Waals surface area contributed by atoms with Crippen molar-refractivity contribution in [3.05, 3.63) is 83.4 Å². The van der Waals surface area contributed by atoms with Gasteiger partial charge in [0.25, 0.3) is 5.91 Å². The molecule has 4 aromatic rings. The third-order valence-electron chi connectivity index (χ3n) is 4.59. The van der Waals surface area contributed by atoms with Gasteiger partial charge in [0.05, 0.1) is 15.1 Å². The van der Waals surface area contributed by atoms with Gasteiger partial charge >= 0.3 is 0 Å². The average Bonchev–Trinajstić information content (AvgIpc) is 3.11. The number of nitrogens with zero attached hydrogens (tertiary/aromatic N) is 1. The molecular formula is C22H18N2O4S2. The van der Waals surface area contributed by atoms with Gasteiger partial charge in [-0.25, -0.2) is 13.4 Å². The van der Waals surface area contributed by atoms with Crippen molar-refractivity contribution in [3.8, 4) is 5.75 Å². The molecule has 3 aromatic carbocycles. The lowest BCUT2D eigenvalue weighted by Crippen LogP contribution is -2.12. The molecule has 1 amide bonds. The predicted octanol–water partition coefficient (Wildman–Crippen LogP) is 4.25. The molecule has 0 radical (unpaired) electrons. The Labute approximate surface area is 177 Å². The Balaban J connectivity index is 1.57. The molecule has 0 spiro atoms. The molecule has 4 rings (SSSR count). The van der Waals surface area contributed by atoms with E-state index in [0.29, 0.717) is 28.2 Å². The molecule has 0 fully saturated rings. The van der Waals surface area contributed by atoms with E-state index in [4.69, 9.17) is 0 Å². The third-order valence-corrected chi connectivity index (χ3v) is 6.65. The number of benzene rings is 3. The summed E-state index contributed by atoms with van der Waals surface area (Å²) in [6.07, 6.45) is 1.64. The number of phenolic OH excluding ortho intramolecular Hbond substituents is 1. The normalized spacial score (nSPS) is 11.5. The van der Waals surface area contributed by atoms with Crippen LogP contribution in [0.5, 0.6) is 5.75 Å². The summed E-state index contributed by atoms with van der Waals surface area (Å²) < 4.78 is 24.2. The van der Waals surface area contributed by atoms with Crippen molar-refractivity contribution in [1.82, 2.24) is 4.98 Å². The largest absolute Gasteiger partial charge is 0.508 e. The predicted molar refractivity (Wildman–Crippen MR) is 118 cm³/mol. The van der Waals surface area contributed by atoms with Crippen molar-refractivity contribution in [2.24, 2.45) is 0 Å². The zero-order chi connectivity index (χ0) is 21.3. The Hall–Kier alpha value is -3.23. The highest BCUT2D eigenvalue weighted by atomic mass is 32.2. The van der Waals surface area contributed by atoms with Crippen LogP contribution in [-0.2, 0) is 16.3 Å². The number of phenols is 1. The van der Waals surface area contributed by atoms with E-state index in [9.17, 15) is 18.3 Å². The highest BCUT2D eigenvalue weighted by molar-refractivity contribution is 7.90. The fourth-order valence-electron chi connectivity index (χ4n) is 3.04. The fourth-order valence-corrected chi connectivity index (χ4v) is 4.53. The van der Waals surface area contributed by atoms with Gasteiger partial charge in [-0.15, -0.1) is 0 Å². The van der Waals surface area contributed by atoms with Crippen LogP contribution in [0.2, 0.25) is 0 Å². The molecule has 0 atom stereocenters. The van der Waals surface area contributed by atoms with Crippen molar-refractivity contribution in [1.29, 1.82) is 0 Å². The van der Waals surface area contributed by atoms with Gasteiger partial charge in [0.15, 0.2) is 15.0 Å². The first-order valence-electron chi connectivity index (χ1n) is 9.07. The molecule has 6 nitrogen and oxygen atoms in total. The average molecular weight is 439 g/mol. The first kappa shape index (κ1) is 20.1. The standard InChI is InChI=1S/C22H18N2O4S2/c1-30(27,28)17-8-10-20-18(13-17)23-22(29-20)24-21(26)15-7-9-19(25)16(12-15)11-14-5-3-2-4-6-14/h2-10,12-13,25H,11H2,1H3,(H,23,24,26). The Kier molecular flexibility index (Phi) is 5.27. The summed E-state index contributed by atoms with van der Waals surface area (Å²) in [4.78, 5) is 17.2. The number of carbonyl (C=O) groups is 1. The number of aromatic hydroxyl groups is 1. The summed E-state index contributed by atoms with van der Waals surface area (Å²) in [6.45, 7) is 0. The topological polar surface area (TPSA) is 96.4 Å². The lowest BCUT2D eigenvalue weighted by atomic mass is 10.0. The van der Waals surface area contributed by atoms with Crippen LogP contribution >= 0.6 is 11.3 Å². The van der Waals surface area contributed by atoms with Crippen LogP contribution in [0.4, 0.5) is 5.13 Å². The van der Waals surface area contributed by atoms with Crippen molar-refractivity contribution in [2.45, 2.75) is 11.3 Å². The van der Waals surface area contributed by atoms with Crippen molar-refractivity contribution < 1.29 is 18.3 Å². The smallest absolute Gasteiger partial charge is 0.257 e. The molecule has 8 heteroatoms. The van der Waals surface area contributed by atoms with E-state index in [1.54, 1.807) is 18.2 Å². The van der Waals surface area contributed by atoms with Crippen LogP contribution in [-0.4, -0.2) is 30.7 Å². The van der Waals surface area contributed by atoms with Crippen molar-refractivity contribution in [2.75, 3.05) is 11.6 Å². The number of nitrogens with one attached hydrogen (secondary N) is 1. The van der Waals surface area contributed by atoms with E-state index in [-0.39, 0.29) is 16.6 Å². The number of fused-ring (bicyclic) bond motifs is 1. The highest BCUT2D eigenvalue weighted by Gasteiger charge is 2.14. The van der Waals surface area contributed by atoms with Crippen LogP contribution in [0.15, 0.2) is 71.6 Å². The molecule has 2 N–H and O–H groups in total. The summed E-state index contributed by atoms with van der Waals surface area (Å²) >= 11 is 1.26. The molecule has 0 aliphatic rings. The Bertz CT molecular complexity index is 1350. The van der Waals surface area contributed by atoms with Gasteiger partial charge in [-0.3, -0.25) is 10.1 Å². The number of aromatic nitrogens is 1. The van der Waals surface area contributed by atoms with E-state index in [0.717, 1.165) is 16.5 Å². The number of hydrogen-bond acceptors (Lipinski definition) is 6. The molecular weight excluding hydrogens is 420 g/mol. The van der Waals surface area contributed by atoms with Crippen molar-refractivity contribution in [3.63, 3.8) is 0 Å². The lowest BCUT2D eigenvalue weighted by Gasteiger charge is -2.08. The van der Waals surface area contributed by atoms with Crippen LogP contribution in [0.25, 0.3) is 10.2 Å². The quantitative estimate of drug-likeness (QED) is 0.486. The van der Waals surface area contributed by atoms with Crippen LogP contribution in [0, 0.1) is 0 Å². The summed E-state index contributed by atoms with van der Waals surface area (Å²) in [5.41, 5.74) is 2.58. The maximum absolute atomic E-state index is 12.7. The molecule has 0 unspecified atom stereocenters. The van der Waals surface area contributed by atoms with Gasteiger partial charge in [0.2, 0.25) is 0 Å². The Morgan fingerprint density at radius 1 is 1.07 bits per heavy atom. The summed E-state index contributed by atoms with van der Waals surface area (Å²) in [5.74, 6) is -0.226. The first-order chi connectivity index (χ1) is 14.3. The number of hydrogen-bond donors (Lipinski definition) is 2. The van der Waals surface area contributed by atoms with Gasteiger partial charge in [-0.1, -0.05) is 41.7 Å². The summed E-state index contributed by atoms with van der Waals surface area (Å²) in [6, 6.07) is 19.1. The molecule has 0 aliphatic carbocycles. The van der Waals surface area contributed by atoms with Crippen LogP contribution < -0.4 is 5.32 Å². The second-order valence-corrected chi connectivity index (χ2v) is 9.93. The van der Waals surface area contributed by atoms with Gasteiger partial charge in [0, 0.05) is 18.2 Å². The number of anilines is 1. The number of rotatable bonds is 5. The first-order valence-corrected chi connectivity index (χ1v) is 11.8. The minimum Gasteiger partial charge on any atom is -0.508 e. The second-order valence-electron chi connectivity index (χ2n) is 6.88. The van der Waals surface area contributed by atoms with Gasteiger partial charge in [-0.2, -0.15) is 0 Å². The maximum Gasteiger partial charge on any atom is 0.257 e. The zero-order valence-corrected chi connectivity index (χ0v) is 17.6. The Morgan fingerprint density at radius 3 is 2.57 bits per heavy atom. The fraction of sp³-hybridized carbons (Fsp3) is 0.0909. The monoisotopic (exact) mass is 438 g/mol. The number of sulfone groups is 1. The molecule has 152 valence electrons. The minimum atomic E-state index is -3.33. The van der Waals surface area contributed by atoms with Crippen LogP contribution in [0.3, 0.4) is 0 Å². The molecule has 1 heterocycles. The summed E-state index contributed by atoms with van der Waals surface area (Å²) in [7, 11) is -3.33. The van der Waals surface area contributed by atoms with Gasteiger partial charge in [0.1, 0.15) is 5.75 Å². The zero-order valence-electron chi connectivity index (χ0n) is 16.0. The molecule has 0 saturated heterocycles. The summed E-state index contributed by atoms with van der Waals surface area (Å²) in [5, 5.41) is 13.3. The molecule has 0 aliphatic heterocycles. The molecule has 0 bridgehead atoms. The number of thiazole rings is 1. The van der Waals surface area contributed by atoms with E-state index in [2.05, 4.69) is 10.3 Å². The van der Waals surface area contributed by atoms with Gasteiger partial charge < -0.3 is 5.11 Å². The SMILES string of the molecule is CS(=O)(=O)c1ccc2sc(NC(=O)c3ccc(O)c(Cc4ccccc4)c3)nc2c1. The minimum absolute atomic E-state index is 0.128. The van der Waals surface area contributed by atoms with E-state index < -0.39 is 9.84 Å². The molecule has 0 saturated carbocycles. The van der Waals surface area contributed by atoms with E-state index in [1.807, 2.05) is 30.3 Å². The molecule has 30 heavy (non-hydrogen) atoms.